The number of methoxy groups -OCH3 is 1. The first kappa shape index (κ1) is 51.6. The largest absolute Gasteiger partial charge is 1.00 e. The van der Waals surface area contributed by atoms with Gasteiger partial charge in [0.2, 0.25) is 0 Å². The van der Waals surface area contributed by atoms with Gasteiger partial charge in [0, 0.05) is 8.95 Å². The molecule has 0 aliphatic carbocycles. The molecule has 13 nitrogen and oxygen atoms in total. The summed E-state index contributed by atoms with van der Waals surface area (Å²) < 4.78 is 9.59. The van der Waals surface area contributed by atoms with Crippen molar-refractivity contribution in [1.82, 2.24) is 30.2 Å². The Morgan fingerprint density at radius 3 is 1.44 bits per heavy atom. The van der Waals surface area contributed by atoms with Gasteiger partial charge in [-0.25, -0.2) is 9.36 Å². The predicted octanol–water partition coefficient (Wildman–Crippen LogP) is 7.31. The summed E-state index contributed by atoms with van der Waals surface area (Å²) in [6.45, 7) is 3.52. The molecule has 6 rings (SSSR count). The number of benzene rings is 4. The summed E-state index contributed by atoms with van der Waals surface area (Å²) in [5, 5.41) is 25.1. The Morgan fingerprint density at radius 1 is 0.672 bits per heavy atom. The monoisotopic (exact) mass is 1040 g/mol. The standard InChI is InChI=1S/C21H18BrCl2N3O3.C20H16BrCl2N3O3.Na.H2O/c1-12-16(11-25-27(12)15-6-7-17(23)18(24)9-15)21(29)26-19(10-20(28)30-2)13-4-3-5-14(22)8-13;1-11-15(10-24-26(11)14-5-6-16(22)17(23)8-14)20(29)25-18(9-19(27)28)12-3-2-4-13(21)7-12;;/h3-9,11,19H,10H2,1-2H3,(H,26,29);2-8,10,18H,9H2,1H3,(H,25,29)(H,27,28);;1H2/q;;+1;/p-1. The number of carbonyl (C=O) groups is 4. The molecule has 0 aliphatic heterocycles. The number of nitrogens with zero attached hydrogens (tertiary/aromatic N) is 4. The van der Waals surface area contributed by atoms with Crippen molar-refractivity contribution in [3.63, 3.8) is 0 Å². The molecule has 0 radical (unpaired) electrons. The van der Waals surface area contributed by atoms with E-state index in [1.165, 1.54) is 19.5 Å². The van der Waals surface area contributed by atoms with E-state index in [0.29, 0.717) is 59.5 Å². The molecule has 0 saturated carbocycles. The van der Waals surface area contributed by atoms with Crippen LogP contribution >= 0.6 is 78.3 Å². The first-order valence-electron chi connectivity index (χ1n) is 17.5. The minimum Gasteiger partial charge on any atom is -0.870 e. The van der Waals surface area contributed by atoms with Crippen molar-refractivity contribution in [2.24, 2.45) is 0 Å². The number of aliphatic carboxylic acids is 1. The van der Waals surface area contributed by atoms with E-state index in [1.807, 2.05) is 30.3 Å². The van der Waals surface area contributed by atoms with Crippen molar-refractivity contribution in [3.05, 3.63) is 160 Å². The Hall–Kier alpha value is -3.74. The van der Waals surface area contributed by atoms with E-state index in [9.17, 15) is 24.3 Å². The number of amides is 2. The van der Waals surface area contributed by atoms with Gasteiger partial charge in [0.05, 0.1) is 98.4 Å². The van der Waals surface area contributed by atoms with Crippen molar-refractivity contribution in [3.8, 4) is 11.4 Å². The predicted molar refractivity (Wildman–Crippen MR) is 236 cm³/mol. The zero-order valence-electron chi connectivity index (χ0n) is 32.8. The van der Waals surface area contributed by atoms with Crippen LogP contribution in [0.1, 0.15) is 68.2 Å². The molecule has 2 amide bonds. The van der Waals surface area contributed by atoms with Gasteiger partial charge in [0.25, 0.3) is 11.8 Å². The molecule has 0 fully saturated rings. The molecule has 0 bridgehead atoms. The normalized spacial score (nSPS) is 11.4. The van der Waals surface area contributed by atoms with E-state index >= 15 is 0 Å². The number of hydrogen-bond donors (Lipinski definition) is 3. The van der Waals surface area contributed by atoms with Gasteiger partial charge >= 0.3 is 41.5 Å². The van der Waals surface area contributed by atoms with E-state index in [-0.39, 0.29) is 53.8 Å². The van der Waals surface area contributed by atoms with Crippen molar-refractivity contribution < 1.29 is 64.1 Å². The Kier molecular flexibility index (Phi) is 20.0. The van der Waals surface area contributed by atoms with Crippen LogP contribution in [0.15, 0.2) is 106 Å². The van der Waals surface area contributed by atoms with E-state index in [2.05, 4.69) is 52.7 Å². The van der Waals surface area contributed by atoms with Gasteiger partial charge in [-0.3, -0.25) is 19.2 Å². The minimum absolute atomic E-state index is 0. The summed E-state index contributed by atoms with van der Waals surface area (Å²) in [6.07, 6.45) is 2.66. The molecule has 20 heteroatoms. The van der Waals surface area contributed by atoms with Crippen LogP contribution in [0.25, 0.3) is 11.4 Å². The summed E-state index contributed by atoms with van der Waals surface area (Å²) in [5.74, 6) is -2.21. The molecule has 0 saturated heterocycles. The molecule has 4 aromatic carbocycles. The topological polar surface area (TPSA) is 187 Å². The molecule has 2 aromatic heterocycles. The summed E-state index contributed by atoms with van der Waals surface area (Å²) in [4.78, 5) is 49.0. The van der Waals surface area contributed by atoms with Crippen LogP contribution < -0.4 is 40.2 Å². The van der Waals surface area contributed by atoms with Gasteiger partial charge < -0.3 is 26.0 Å². The average Bonchev–Trinajstić information content (AvgIpc) is 3.78. The average molecular weight is 1050 g/mol. The van der Waals surface area contributed by atoms with E-state index in [4.69, 9.17) is 51.1 Å². The summed E-state index contributed by atoms with van der Waals surface area (Å²) >= 11 is 30.9. The Morgan fingerprint density at radius 2 is 1.08 bits per heavy atom. The van der Waals surface area contributed by atoms with Crippen molar-refractivity contribution in [2.45, 2.75) is 38.8 Å². The first-order chi connectivity index (χ1) is 28.1. The molecular formula is C41H35Br2Cl4N6NaO7. The second kappa shape index (κ2) is 23.6. The molecule has 0 aliphatic rings. The van der Waals surface area contributed by atoms with Gasteiger partial charge in [-0.1, -0.05) is 103 Å². The number of aromatic nitrogens is 4. The van der Waals surface area contributed by atoms with Crippen LogP contribution in [0.4, 0.5) is 0 Å². The fourth-order valence-corrected chi connectivity index (χ4v) is 7.29. The number of ether oxygens (including phenoxy) is 1. The second-order valence-electron chi connectivity index (χ2n) is 12.8. The molecule has 2 atom stereocenters. The SMILES string of the molecule is COC(=O)CC(NC(=O)c1cnn(-c2ccc(Cl)c(Cl)c2)c1C)c1cccc(Br)c1.Cc1c(C(=O)NC(CC(=O)O)c2cccc(Br)c2)cnn1-c1ccc(Cl)c(Cl)c1.[Na+].[OH-]. The van der Waals surface area contributed by atoms with E-state index < -0.39 is 29.9 Å². The van der Waals surface area contributed by atoms with Gasteiger partial charge in [-0.2, -0.15) is 10.2 Å². The number of carbonyl (C=O) groups excluding carboxylic acids is 3. The van der Waals surface area contributed by atoms with Crippen LogP contribution in [-0.4, -0.2) is 61.0 Å². The van der Waals surface area contributed by atoms with Crippen LogP contribution in [0.3, 0.4) is 0 Å². The van der Waals surface area contributed by atoms with E-state index in [0.717, 1.165) is 14.5 Å². The molecule has 0 spiro atoms. The molecular weight excluding hydrogens is 1010 g/mol. The number of nitrogens with one attached hydrogen (secondary N) is 2. The number of hydrogen-bond acceptors (Lipinski definition) is 8. The third-order valence-electron chi connectivity index (χ3n) is 8.89. The van der Waals surface area contributed by atoms with Gasteiger partial charge in [0.15, 0.2) is 0 Å². The zero-order chi connectivity index (χ0) is 43.0. The van der Waals surface area contributed by atoms with E-state index in [1.54, 1.807) is 77.8 Å². The first-order valence-corrected chi connectivity index (χ1v) is 20.6. The number of carboxylic acids is 1. The van der Waals surface area contributed by atoms with Crippen molar-refractivity contribution in [2.75, 3.05) is 7.11 Å². The summed E-state index contributed by atoms with van der Waals surface area (Å²) in [6, 6.07) is 23.4. The maximum atomic E-state index is 13.0. The van der Waals surface area contributed by atoms with Gasteiger partial charge in [0.1, 0.15) is 0 Å². The van der Waals surface area contributed by atoms with Gasteiger partial charge in [-0.05, 0) is 85.6 Å². The third-order valence-corrected chi connectivity index (χ3v) is 11.4. The maximum Gasteiger partial charge on any atom is 1.00 e. The van der Waals surface area contributed by atoms with Crippen LogP contribution in [0.2, 0.25) is 20.1 Å². The molecule has 6 aromatic rings. The van der Waals surface area contributed by atoms with Crippen LogP contribution in [0.5, 0.6) is 0 Å². The number of esters is 1. The number of halogens is 6. The second-order valence-corrected chi connectivity index (χ2v) is 16.3. The molecule has 61 heavy (non-hydrogen) atoms. The molecule has 2 heterocycles. The quantitative estimate of drug-likeness (QED) is 0.0835. The van der Waals surface area contributed by atoms with Crippen molar-refractivity contribution in [1.29, 1.82) is 0 Å². The minimum atomic E-state index is -1.02. The number of carboxylic acid groups (broad SMARTS) is 1. The maximum absolute atomic E-state index is 13.0. The molecule has 2 unspecified atom stereocenters. The fraction of sp³-hybridized carbons (Fsp3) is 0.171. The molecule has 4 N–H and O–H groups in total. The number of rotatable bonds is 12. The third kappa shape index (κ3) is 13.6. The summed E-state index contributed by atoms with van der Waals surface area (Å²) in [7, 11) is 1.31. The molecule has 314 valence electrons. The van der Waals surface area contributed by atoms with Crippen LogP contribution in [-0.2, 0) is 14.3 Å². The Balaban J connectivity index is 0.000000315. The smallest absolute Gasteiger partial charge is 0.870 e. The Bertz CT molecular complexity index is 2540. The van der Waals surface area contributed by atoms with Gasteiger partial charge in [-0.15, -0.1) is 0 Å². The zero-order valence-corrected chi connectivity index (χ0v) is 41.0. The van der Waals surface area contributed by atoms with Crippen molar-refractivity contribution >= 4 is 102 Å². The van der Waals surface area contributed by atoms with Crippen LogP contribution in [0, 0.1) is 13.8 Å². The Labute approximate surface area is 409 Å². The summed E-state index contributed by atoms with van der Waals surface area (Å²) in [5.41, 5.74) is 4.72. The fourth-order valence-electron chi connectivity index (χ4n) is 5.87.